The third-order valence-electron chi connectivity index (χ3n) is 10.2. The number of likely N-dealkylation sites (tertiary alicyclic amines) is 1. The number of carbonyl (C=O) groups is 4. The molecule has 286 valence electrons. The van der Waals surface area contributed by atoms with Crippen molar-refractivity contribution in [2.45, 2.75) is 58.0 Å². The summed E-state index contributed by atoms with van der Waals surface area (Å²) >= 11 is 0. The lowest BCUT2D eigenvalue weighted by molar-refractivity contribution is -0.137. The first kappa shape index (κ1) is 40.4. The summed E-state index contributed by atoms with van der Waals surface area (Å²) in [7, 11) is 7.19. The highest BCUT2D eigenvalue weighted by Gasteiger charge is 2.30. The maximum Gasteiger partial charge on any atom is 0.410 e. The summed E-state index contributed by atoms with van der Waals surface area (Å²) in [6, 6.07) is 14.8. The van der Waals surface area contributed by atoms with E-state index < -0.39 is 6.09 Å². The van der Waals surface area contributed by atoms with Crippen LogP contribution in [0.1, 0.15) is 42.4 Å². The van der Waals surface area contributed by atoms with Gasteiger partial charge in [-0.05, 0) is 80.8 Å². The lowest BCUT2D eigenvalue weighted by Crippen LogP contribution is -2.54. The number of urea groups is 1. The molecule has 1 N–H and O–H groups in total. The third-order valence-corrected chi connectivity index (χ3v) is 10.2. The smallest absolute Gasteiger partial charge is 0.410 e. The number of hydrogen-bond donors (Lipinski definition) is 1. The van der Waals surface area contributed by atoms with Crippen molar-refractivity contribution in [1.82, 2.24) is 24.5 Å². The van der Waals surface area contributed by atoms with E-state index in [0.29, 0.717) is 51.6 Å². The molecule has 0 saturated carbocycles. The summed E-state index contributed by atoms with van der Waals surface area (Å²) in [5, 5.41) is 3.19. The number of hydrogen-bond acceptors (Lipinski definition) is 8. The van der Waals surface area contributed by atoms with E-state index in [9.17, 15) is 19.2 Å². The van der Waals surface area contributed by atoms with Crippen molar-refractivity contribution in [2.24, 2.45) is 0 Å². The molecule has 3 aliphatic rings. The fourth-order valence-electron chi connectivity index (χ4n) is 7.18. The van der Waals surface area contributed by atoms with E-state index >= 15 is 0 Å². The molecule has 13 heteroatoms. The van der Waals surface area contributed by atoms with Gasteiger partial charge in [0.1, 0.15) is 0 Å². The van der Waals surface area contributed by atoms with Gasteiger partial charge in [0, 0.05) is 111 Å². The second-order valence-corrected chi connectivity index (χ2v) is 14.1. The minimum absolute atomic E-state index is 0.0139. The Balaban J connectivity index is 0.000000338. The molecule has 0 atom stereocenters. The second kappa shape index (κ2) is 20.0. The molecule has 13 nitrogen and oxygen atoms in total. The molecule has 5 amide bonds. The van der Waals surface area contributed by atoms with Crippen molar-refractivity contribution in [1.29, 1.82) is 0 Å². The summed E-state index contributed by atoms with van der Waals surface area (Å²) in [5.74, 6) is -0.135. The number of anilines is 2. The zero-order valence-corrected chi connectivity index (χ0v) is 32.0. The first-order valence-corrected chi connectivity index (χ1v) is 18.5. The van der Waals surface area contributed by atoms with E-state index in [-0.39, 0.29) is 24.6 Å². The zero-order valence-electron chi connectivity index (χ0n) is 32.0. The number of carbonyl (C=O) groups excluding carboxylic acids is 4. The summed E-state index contributed by atoms with van der Waals surface area (Å²) in [5.41, 5.74) is 5.52. The quantitative estimate of drug-likeness (QED) is 0.365. The third kappa shape index (κ3) is 11.6. The van der Waals surface area contributed by atoms with Gasteiger partial charge in [-0.15, -0.1) is 0 Å². The minimum atomic E-state index is -0.451. The number of amides is 5. The predicted molar refractivity (Wildman–Crippen MR) is 204 cm³/mol. The minimum Gasteiger partial charge on any atom is -0.439 e. The topological polar surface area (TPSA) is 118 Å². The van der Waals surface area contributed by atoms with Crippen LogP contribution in [0.3, 0.4) is 0 Å². The van der Waals surface area contributed by atoms with E-state index in [1.54, 1.807) is 40.7 Å². The number of piperazine rings is 1. The predicted octanol–water partition coefficient (Wildman–Crippen LogP) is 4.07. The van der Waals surface area contributed by atoms with Crippen LogP contribution >= 0.6 is 0 Å². The van der Waals surface area contributed by atoms with Crippen molar-refractivity contribution in [3.8, 4) is 0 Å². The number of aryl methyl sites for hydroxylation is 2. The van der Waals surface area contributed by atoms with Crippen LogP contribution in [-0.2, 0) is 25.5 Å². The summed E-state index contributed by atoms with van der Waals surface area (Å²) in [6.07, 6.45) is 4.74. The highest BCUT2D eigenvalue weighted by atomic mass is 16.6. The fourth-order valence-corrected chi connectivity index (χ4v) is 7.18. The van der Waals surface area contributed by atoms with E-state index in [0.717, 1.165) is 63.4 Å². The van der Waals surface area contributed by atoms with Gasteiger partial charge in [0.25, 0.3) is 5.91 Å². The van der Waals surface area contributed by atoms with E-state index in [1.165, 1.54) is 16.7 Å². The Morgan fingerprint density at radius 3 is 2.12 bits per heavy atom. The largest absolute Gasteiger partial charge is 0.439 e. The number of ether oxygens (including phenoxy) is 2. The van der Waals surface area contributed by atoms with Crippen molar-refractivity contribution >= 4 is 35.8 Å². The van der Waals surface area contributed by atoms with Gasteiger partial charge in [-0.3, -0.25) is 19.4 Å². The maximum atomic E-state index is 12.6. The molecule has 0 bridgehead atoms. The number of piperidine rings is 1. The number of rotatable bonds is 10. The van der Waals surface area contributed by atoms with Crippen molar-refractivity contribution in [3.63, 3.8) is 0 Å². The molecule has 3 fully saturated rings. The lowest BCUT2D eigenvalue weighted by Gasteiger charge is -2.40. The van der Waals surface area contributed by atoms with Gasteiger partial charge in [-0.1, -0.05) is 24.3 Å². The Kier molecular flexibility index (Phi) is 15.6. The summed E-state index contributed by atoms with van der Waals surface area (Å²) in [6.45, 7) is 10.2. The van der Waals surface area contributed by atoms with Gasteiger partial charge in [0.15, 0.2) is 6.61 Å². The Hall–Kier alpha value is -4.36. The molecule has 0 spiro atoms. The van der Waals surface area contributed by atoms with Crippen LogP contribution in [0.15, 0.2) is 42.5 Å². The molecular weight excluding hydrogens is 662 g/mol. The van der Waals surface area contributed by atoms with Crippen LogP contribution in [0.2, 0.25) is 0 Å². The summed E-state index contributed by atoms with van der Waals surface area (Å²) in [4.78, 5) is 59.7. The standard InChI is InChI=1S/C27H41N5O5.C12H18N2O/c1-28-25-5-3-2-4-22(25)6-11-32(21-33)23-7-12-31(13-8-23)27(35)37-20-26(34)30-16-14-29(15-17-30)24-9-18-36-19-10-24;1-9-6-10(2)8-11(7-9)14(5)12(15)13(3)4/h2-5,21,23-24,28H,6-20H2,1H3;6-8H,1-5H3. The molecular formula is C39H59N7O6. The molecule has 0 aliphatic carbocycles. The van der Waals surface area contributed by atoms with Gasteiger partial charge < -0.3 is 34.4 Å². The number of nitrogens with one attached hydrogen (secondary N) is 1. The second-order valence-electron chi connectivity index (χ2n) is 14.1. The first-order valence-electron chi connectivity index (χ1n) is 18.5. The lowest BCUT2D eigenvalue weighted by atomic mass is 10.0. The molecule has 0 unspecified atom stereocenters. The Labute approximate surface area is 309 Å². The van der Waals surface area contributed by atoms with Crippen LogP contribution in [0.5, 0.6) is 0 Å². The molecule has 5 rings (SSSR count). The Bertz CT molecular complexity index is 1450. The molecule has 3 saturated heterocycles. The Morgan fingerprint density at radius 1 is 0.885 bits per heavy atom. The van der Waals surface area contributed by atoms with Crippen molar-refractivity contribution < 1.29 is 28.7 Å². The average Bonchev–Trinajstić information content (AvgIpc) is 3.17. The highest BCUT2D eigenvalue weighted by molar-refractivity contribution is 5.91. The number of benzene rings is 2. The van der Waals surface area contributed by atoms with Crippen LogP contribution in [0.4, 0.5) is 21.0 Å². The molecule has 0 aromatic heterocycles. The van der Waals surface area contributed by atoms with Crippen LogP contribution in [-0.4, -0.2) is 155 Å². The SMILES string of the molecule is CNc1ccccc1CCN(C=O)C1CCN(C(=O)OCC(=O)N2CCN(C3CCOCC3)CC2)CC1.Cc1cc(C)cc(N(C)C(=O)N(C)C)c1. The first-order chi connectivity index (χ1) is 25.0. The highest BCUT2D eigenvalue weighted by Crippen LogP contribution is 2.21. The van der Waals surface area contributed by atoms with Gasteiger partial charge in [0.2, 0.25) is 6.41 Å². The molecule has 52 heavy (non-hydrogen) atoms. The van der Waals surface area contributed by atoms with Crippen LogP contribution in [0.25, 0.3) is 0 Å². The fraction of sp³-hybridized carbons (Fsp3) is 0.590. The van der Waals surface area contributed by atoms with Gasteiger partial charge in [0.05, 0.1) is 0 Å². The number of nitrogens with zero attached hydrogens (tertiary/aromatic N) is 6. The van der Waals surface area contributed by atoms with E-state index in [4.69, 9.17) is 9.47 Å². The molecule has 2 aromatic rings. The van der Waals surface area contributed by atoms with E-state index in [1.807, 2.05) is 56.1 Å². The van der Waals surface area contributed by atoms with E-state index in [2.05, 4.69) is 22.3 Å². The zero-order chi connectivity index (χ0) is 37.6. The molecule has 3 heterocycles. The molecule has 3 aliphatic heterocycles. The van der Waals surface area contributed by atoms with Crippen molar-refractivity contribution in [2.75, 3.05) is 104 Å². The van der Waals surface area contributed by atoms with Gasteiger partial charge in [-0.2, -0.15) is 0 Å². The molecule has 0 radical (unpaired) electrons. The normalized spacial score (nSPS) is 17.0. The monoisotopic (exact) mass is 721 g/mol. The Morgan fingerprint density at radius 2 is 1.52 bits per heavy atom. The van der Waals surface area contributed by atoms with Gasteiger partial charge in [-0.25, -0.2) is 9.59 Å². The average molecular weight is 722 g/mol. The van der Waals surface area contributed by atoms with Gasteiger partial charge >= 0.3 is 12.1 Å². The van der Waals surface area contributed by atoms with Crippen LogP contribution < -0.4 is 10.2 Å². The van der Waals surface area contributed by atoms with Crippen molar-refractivity contribution in [3.05, 3.63) is 59.2 Å². The molecule has 2 aromatic carbocycles. The van der Waals surface area contributed by atoms with Crippen LogP contribution in [0, 0.1) is 13.8 Å². The number of para-hydroxylation sites is 1. The summed E-state index contributed by atoms with van der Waals surface area (Å²) < 4.78 is 10.8. The maximum absolute atomic E-state index is 12.6.